The molecule has 7 nitrogen and oxygen atoms in total. The zero-order valence-corrected chi connectivity index (χ0v) is 16.4. The van der Waals surface area contributed by atoms with Crippen LogP contribution in [0, 0.1) is 0 Å². The number of furan rings is 1. The van der Waals surface area contributed by atoms with Crippen LogP contribution in [0.15, 0.2) is 45.9 Å². The van der Waals surface area contributed by atoms with Crippen molar-refractivity contribution in [2.75, 3.05) is 26.2 Å². The van der Waals surface area contributed by atoms with Crippen LogP contribution in [0.3, 0.4) is 0 Å². The fourth-order valence-electron chi connectivity index (χ4n) is 3.38. The summed E-state index contributed by atoms with van der Waals surface area (Å²) >= 11 is 0. The summed E-state index contributed by atoms with van der Waals surface area (Å²) in [6, 6.07) is 8.16. The monoisotopic (exact) mass is 391 g/mol. The van der Waals surface area contributed by atoms with Crippen LogP contribution in [-0.2, 0) is 16.4 Å². The van der Waals surface area contributed by atoms with Crippen LogP contribution in [0.5, 0.6) is 0 Å². The fourth-order valence-corrected chi connectivity index (χ4v) is 4.45. The largest absolute Gasteiger partial charge is 0.468 e. The molecular formula is C19H25N3O4S. The fraction of sp³-hybridized carbons (Fsp3) is 0.421. The van der Waals surface area contributed by atoms with E-state index in [1.807, 2.05) is 19.9 Å². The molecule has 2 N–H and O–H groups in total. The lowest BCUT2D eigenvalue weighted by Gasteiger charge is -2.28. The van der Waals surface area contributed by atoms with Crippen LogP contribution >= 0.6 is 0 Å². The Labute approximate surface area is 159 Å². The Morgan fingerprint density at radius 1 is 1.26 bits per heavy atom. The van der Waals surface area contributed by atoms with Crippen molar-refractivity contribution in [1.29, 1.82) is 0 Å². The lowest BCUT2D eigenvalue weighted by Crippen LogP contribution is -2.38. The Morgan fingerprint density at radius 3 is 2.70 bits per heavy atom. The summed E-state index contributed by atoms with van der Waals surface area (Å²) in [6.07, 6.45) is 2.29. The van der Waals surface area contributed by atoms with Gasteiger partial charge in [-0.3, -0.25) is 9.69 Å². The Morgan fingerprint density at radius 2 is 2.04 bits per heavy atom. The number of hydrogen-bond acceptors (Lipinski definition) is 5. The molecule has 1 aromatic heterocycles. The van der Waals surface area contributed by atoms with E-state index in [9.17, 15) is 13.2 Å². The Hall–Kier alpha value is -2.16. The maximum absolute atomic E-state index is 12.8. The standard InChI is InChI=1S/C19H25N3O4S/c1-3-22(4-2)17(18-6-5-11-26-18)13-21-27(24,25)15-8-7-14-9-10-20-19(23)16(14)12-15/h5-8,11-12,17,21H,3-4,9-10,13H2,1-2H3,(H,20,23). The van der Waals surface area contributed by atoms with Crippen LogP contribution in [0.1, 0.15) is 41.6 Å². The van der Waals surface area contributed by atoms with Gasteiger partial charge in [0.15, 0.2) is 0 Å². The molecule has 0 spiro atoms. The predicted molar refractivity (Wildman–Crippen MR) is 102 cm³/mol. The van der Waals surface area contributed by atoms with E-state index in [0.717, 1.165) is 18.7 Å². The summed E-state index contributed by atoms with van der Waals surface area (Å²) in [7, 11) is -3.75. The lowest BCUT2D eigenvalue weighted by molar-refractivity contribution is 0.0945. The average molecular weight is 391 g/mol. The zero-order valence-electron chi connectivity index (χ0n) is 15.6. The van der Waals surface area contributed by atoms with E-state index in [1.165, 1.54) is 6.07 Å². The number of nitrogens with one attached hydrogen (secondary N) is 2. The third-order valence-corrected chi connectivity index (χ3v) is 6.33. The number of carbonyl (C=O) groups excluding carboxylic acids is 1. The smallest absolute Gasteiger partial charge is 0.251 e. The van der Waals surface area contributed by atoms with E-state index >= 15 is 0 Å². The first-order valence-electron chi connectivity index (χ1n) is 9.14. The molecule has 1 unspecified atom stereocenters. The van der Waals surface area contributed by atoms with Crippen molar-refractivity contribution >= 4 is 15.9 Å². The predicted octanol–water partition coefficient (Wildman–Crippen LogP) is 1.93. The van der Waals surface area contributed by atoms with Gasteiger partial charge in [0, 0.05) is 18.7 Å². The zero-order chi connectivity index (χ0) is 19.4. The van der Waals surface area contributed by atoms with Crippen LogP contribution < -0.4 is 10.0 Å². The number of fused-ring (bicyclic) bond motifs is 1. The Bertz CT molecular complexity index is 890. The summed E-state index contributed by atoms with van der Waals surface area (Å²) < 4.78 is 33.8. The average Bonchev–Trinajstić information content (AvgIpc) is 3.19. The second kappa shape index (κ2) is 8.24. The molecule has 0 fully saturated rings. The molecule has 146 valence electrons. The van der Waals surface area contributed by atoms with Crippen molar-refractivity contribution in [3.8, 4) is 0 Å². The van der Waals surface area contributed by atoms with Gasteiger partial charge in [0.2, 0.25) is 10.0 Å². The molecule has 1 aromatic carbocycles. The van der Waals surface area contributed by atoms with Gasteiger partial charge in [0.05, 0.1) is 17.2 Å². The quantitative estimate of drug-likeness (QED) is 0.717. The minimum absolute atomic E-state index is 0.0936. The van der Waals surface area contributed by atoms with Crippen LogP contribution in [0.25, 0.3) is 0 Å². The van der Waals surface area contributed by atoms with Gasteiger partial charge in [0.25, 0.3) is 5.91 Å². The normalized spacial score (nSPS) is 15.4. The van der Waals surface area contributed by atoms with Gasteiger partial charge in [-0.05, 0) is 49.3 Å². The number of carbonyl (C=O) groups is 1. The maximum Gasteiger partial charge on any atom is 0.251 e. The number of likely N-dealkylation sites (N-methyl/N-ethyl adjacent to an activating group) is 1. The van der Waals surface area contributed by atoms with Crippen molar-refractivity contribution in [3.05, 3.63) is 53.5 Å². The first kappa shape index (κ1) is 19.6. The van der Waals surface area contributed by atoms with E-state index < -0.39 is 10.0 Å². The summed E-state index contributed by atoms with van der Waals surface area (Å²) in [4.78, 5) is 14.2. The third-order valence-electron chi connectivity index (χ3n) is 4.91. The molecule has 1 atom stereocenters. The molecule has 2 heterocycles. The molecule has 27 heavy (non-hydrogen) atoms. The number of rotatable bonds is 8. The Kier molecular flexibility index (Phi) is 5.98. The summed E-state index contributed by atoms with van der Waals surface area (Å²) in [5, 5.41) is 2.74. The number of hydrogen-bond donors (Lipinski definition) is 2. The van der Waals surface area contributed by atoms with E-state index in [0.29, 0.717) is 24.3 Å². The highest BCUT2D eigenvalue weighted by Crippen LogP contribution is 2.22. The molecular weight excluding hydrogens is 366 g/mol. The number of nitrogens with zero attached hydrogens (tertiary/aromatic N) is 1. The molecule has 0 aliphatic carbocycles. The van der Waals surface area contributed by atoms with Crippen LogP contribution in [0.4, 0.5) is 0 Å². The highest BCUT2D eigenvalue weighted by Gasteiger charge is 2.25. The molecule has 1 amide bonds. The van der Waals surface area contributed by atoms with E-state index in [4.69, 9.17) is 4.42 Å². The molecule has 0 saturated heterocycles. The van der Waals surface area contributed by atoms with Gasteiger partial charge >= 0.3 is 0 Å². The molecule has 3 rings (SSSR count). The second-order valence-electron chi connectivity index (χ2n) is 6.43. The first-order chi connectivity index (χ1) is 13.0. The van der Waals surface area contributed by atoms with Crippen molar-refractivity contribution in [1.82, 2.24) is 14.9 Å². The van der Waals surface area contributed by atoms with Gasteiger partial charge in [0.1, 0.15) is 5.76 Å². The first-order valence-corrected chi connectivity index (χ1v) is 10.6. The SMILES string of the molecule is CCN(CC)C(CNS(=O)(=O)c1ccc2c(c1)C(=O)NCC2)c1ccco1. The van der Waals surface area contributed by atoms with Gasteiger partial charge < -0.3 is 9.73 Å². The molecule has 1 aliphatic heterocycles. The van der Waals surface area contributed by atoms with E-state index in [-0.39, 0.29) is 23.4 Å². The van der Waals surface area contributed by atoms with Crippen molar-refractivity contribution in [3.63, 3.8) is 0 Å². The molecule has 0 bridgehead atoms. The minimum atomic E-state index is -3.75. The number of amides is 1. The van der Waals surface area contributed by atoms with Gasteiger partial charge in [-0.15, -0.1) is 0 Å². The Balaban J connectivity index is 1.81. The minimum Gasteiger partial charge on any atom is -0.468 e. The van der Waals surface area contributed by atoms with E-state index in [2.05, 4.69) is 14.9 Å². The van der Waals surface area contributed by atoms with Crippen molar-refractivity contribution < 1.29 is 17.6 Å². The number of sulfonamides is 1. The molecule has 2 aromatic rings. The number of benzene rings is 1. The van der Waals surface area contributed by atoms with Crippen LogP contribution in [-0.4, -0.2) is 45.4 Å². The molecule has 8 heteroatoms. The molecule has 0 saturated carbocycles. The van der Waals surface area contributed by atoms with E-state index in [1.54, 1.807) is 24.5 Å². The van der Waals surface area contributed by atoms with Gasteiger partial charge in [-0.1, -0.05) is 19.9 Å². The van der Waals surface area contributed by atoms with Gasteiger partial charge in [-0.25, -0.2) is 13.1 Å². The van der Waals surface area contributed by atoms with Crippen molar-refractivity contribution in [2.24, 2.45) is 0 Å². The highest BCUT2D eigenvalue weighted by molar-refractivity contribution is 7.89. The third kappa shape index (κ3) is 4.23. The summed E-state index contributed by atoms with van der Waals surface area (Å²) in [5.74, 6) is 0.483. The summed E-state index contributed by atoms with van der Waals surface area (Å²) in [6.45, 7) is 6.34. The van der Waals surface area contributed by atoms with Gasteiger partial charge in [-0.2, -0.15) is 0 Å². The molecule has 0 radical (unpaired) electrons. The second-order valence-corrected chi connectivity index (χ2v) is 8.20. The molecule has 1 aliphatic rings. The topological polar surface area (TPSA) is 91.7 Å². The highest BCUT2D eigenvalue weighted by atomic mass is 32.2. The van der Waals surface area contributed by atoms with Crippen molar-refractivity contribution in [2.45, 2.75) is 31.2 Å². The summed E-state index contributed by atoms with van der Waals surface area (Å²) in [5.41, 5.74) is 1.30. The van der Waals surface area contributed by atoms with Crippen LogP contribution in [0.2, 0.25) is 0 Å². The lowest BCUT2D eigenvalue weighted by atomic mass is 10.0. The maximum atomic E-state index is 12.8.